The third kappa shape index (κ3) is 4.39. The lowest BCUT2D eigenvalue weighted by atomic mass is 10.1. The Morgan fingerprint density at radius 2 is 2.06 bits per heavy atom. The summed E-state index contributed by atoms with van der Waals surface area (Å²) in [5, 5.41) is 33.8. The van der Waals surface area contributed by atoms with Gasteiger partial charge < -0.3 is 31.1 Å². The standard InChI is InChI=1S/C20H24ClN5O4S/c1-2-5-30-10-3-4-11-13(7-10)31-19(24-11)14-17(21)25-20(22)26-18(14)23-12-6-9(8-27)15(28)16(12)29/h3-4,7,9,12,15-16,27-29H,2,5-6,8H2,1H3,(H3,22,23,25,26). The maximum Gasteiger partial charge on any atom is 0.223 e. The maximum atomic E-state index is 10.4. The van der Waals surface area contributed by atoms with E-state index in [4.69, 9.17) is 22.1 Å². The second-order valence-corrected chi connectivity index (χ2v) is 8.89. The average Bonchev–Trinajstić information content (AvgIpc) is 3.27. The van der Waals surface area contributed by atoms with Crippen LogP contribution in [0.2, 0.25) is 5.15 Å². The molecule has 0 amide bonds. The van der Waals surface area contributed by atoms with Gasteiger partial charge in [-0.3, -0.25) is 0 Å². The highest BCUT2D eigenvalue weighted by molar-refractivity contribution is 7.21. The molecule has 2 aromatic heterocycles. The monoisotopic (exact) mass is 465 g/mol. The number of rotatable bonds is 7. The van der Waals surface area contributed by atoms with E-state index in [1.807, 2.05) is 25.1 Å². The molecule has 11 heteroatoms. The molecule has 4 unspecified atom stereocenters. The normalized spacial score (nSPS) is 23.4. The van der Waals surface area contributed by atoms with Crippen molar-refractivity contribution in [3.63, 3.8) is 0 Å². The number of anilines is 2. The number of nitrogens with two attached hydrogens (primary N) is 1. The first-order valence-corrected chi connectivity index (χ1v) is 11.2. The quantitative estimate of drug-likeness (QED) is 0.331. The SMILES string of the molecule is CCCOc1ccc2nc(-c3c(Cl)nc(N)nc3NC3CC(CO)C(O)C3O)sc2c1. The van der Waals surface area contributed by atoms with Crippen molar-refractivity contribution in [2.75, 3.05) is 24.3 Å². The Bertz CT molecular complexity index is 1080. The van der Waals surface area contributed by atoms with Crippen molar-refractivity contribution in [1.29, 1.82) is 0 Å². The van der Waals surface area contributed by atoms with Gasteiger partial charge in [-0.25, -0.2) is 9.97 Å². The van der Waals surface area contributed by atoms with Crippen molar-refractivity contribution >= 4 is 44.9 Å². The van der Waals surface area contributed by atoms with Crippen LogP contribution in [0.4, 0.5) is 11.8 Å². The number of aliphatic hydroxyl groups is 3. The van der Waals surface area contributed by atoms with Gasteiger partial charge in [0.15, 0.2) is 0 Å². The Hall–Kier alpha value is -2.24. The fourth-order valence-electron chi connectivity index (χ4n) is 3.69. The second kappa shape index (κ2) is 9.09. The molecule has 0 spiro atoms. The minimum atomic E-state index is -1.08. The average molecular weight is 466 g/mol. The first-order valence-electron chi connectivity index (χ1n) is 10.0. The number of nitrogens with one attached hydrogen (secondary N) is 1. The number of halogens is 1. The Morgan fingerprint density at radius 3 is 2.77 bits per heavy atom. The van der Waals surface area contributed by atoms with Crippen LogP contribution in [0.15, 0.2) is 18.2 Å². The number of thiazole rings is 1. The van der Waals surface area contributed by atoms with Gasteiger partial charge in [0.1, 0.15) is 27.8 Å². The molecule has 2 heterocycles. The summed E-state index contributed by atoms with van der Waals surface area (Å²) in [5.74, 6) is 0.614. The van der Waals surface area contributed by atoms with Gasteiger partial charge in [-0.15, -0.1) is 11.3 Å². The van der Waals surface area contributed by atoms with Gasteiger partial charge in [0, 0.05) is 12.5 Å². The van der Waals surface area contributed by atoms with Crippen molar-refractivity contribution in [3.8, 4) is 16.3 Å². The molecule has 1 aliphatic rings. The van der Waals surface area contributed by atoms with E-state index in [0.717, 1.165) is 22.4 Å². The van der Waals surface area contributed by atoms with E-state index in [2.05, 4.69) is 20.3 Å². The second-order valence-electron chi connectivity index (χ2n) is 7.50. The first kappa shape index (κ1) is 22.0. The summed E-state index contributed by atoms with van der Waals surface area (Å²) in [6.07, 6.45) is -0.839. The third-order valence-electron chi connectivity index (χ3n) is 5.29. The number of nitrogens with zero attached hydrogens (tertiary/aromatic N) is 3. The van der Waals surface area contributed by atoms with E-state index in [1.165, 1.54) is 11.3 Å². The van der Waals surface area contributed by atoms with Crippen molar-refractivity contribution in [3.05, 3.63) is 23.4 Å². The van der Waals surface area contributed by atoms with E-state index in [1.54, 1.807) is 0 Å². The molecule has 9 nitrogen and oxygen atoms in total. The van der Waals surface area contributed by atoms with Gasteiger partial charge in [0.2, 0.25) is 5.95 Å². The minimum absolute atomic E-state index is 0.0284. The number of nitrogen functional groups attached to an aromatic ring is 1. The summed E-state index contributed by atoms with van der Waals surface area (Å²) >= 11 is 7.83. The van der Waals surface area contributed by atoms with Gasteiger partial charge >= 0.3 is 0 Å². The van der Waals surface area contributed by atoms with Crippen LogP contribution in [0.25, 0.3) is 20.8 Å². The van der Waals surface area contributed by atoms with E-state index >= 15 is 0 Å². The third-order valence-corrected chi connectivity index (χ3v) is 6.60. The zero-order valence-electron chi connectivity index (χ0n) is 16.8. The molecular weight excluding hydrogens is 442 g/mol. The molecule has 0 saturated heterocycles. The summed E-state index contributed by atoms with van der Waals surface area (Å²) in [6.45, 7) is 2.45. The molecule has 1 aromatic carbocycles. The van der Waals surface area contributed by atoms with E-state index in [9.17, 15) is 15.3 Å². The molecule has 0 radical (unpaired) electrons. The van der Waals surface area contributed by atoms with Crippen LogP contribution >= 0.6 is 22.9 Å². The Morgan fingerprint density at radius 1 is 1.26 bits per heavy atom. The number of ether oxygens (including phenoxy) is 1. The molecule has 3 aromatic rings. The van der Waals surface area contributed by atoms with E-state index in [0.29, 0.717) is 29.4 Å². The minimum Gasteiger partial charge on any atom is -0.494 e. The molecule has 1 fully saturated rings. The largest absolute Gasteiger partial charge is 0.494 e. The van der Waals surface area contributed by atoms with Gasteiger partial charge in [-0.05, 0) is 31.0 Å². The highest BCUT2D eigenvalue weighted by Crippen LogP contribution is 2.40. The number of hydrogen-bond acceptors (Lipinski definition) is 10. The summed E-state index contributed by atoms with van der Waals surface area (Å²) in [6, 6.07) is 5.13. The maximum absolute atomic E-state index is 10.4. The summed E-state index contributed by atoms with van der Waals surface area (Å²) in [7, 11) is 0. The summed E-state index contributed by atoms with van der Waals surface area (Å²) < 4.78 is 6.62. The topological polar surface area (TPSA) is 147 Å². The van der Waals surface area contributed by atoms with E-state index < -0.39 is 24.2 Å². The van der Waals surface area contributed by atoms with Crippen LogP contribution < -0.4 is 15.8 Å². The van der Waals surface area contributed by atoms with Crippen molar-refractivity contribution in [2.24, 2.45) is 5.92 Å². The first-order chi connectivity index (χ1) is 14.9. The van der Waals surface area contributed by atoms with Gasteiger partial charge in [0.05, 0.1) is 34.5 Å². The van der Waals surface area contributed by atoms with Crippen LogP contribution in [-0.4, -0.2) is 61.7 Å². The van der Waals surface area contributed by atoms with Crippen molar-refractivity contribution in [2.45, 2.75) is 38.0 Å². The number of benzene rings is 1. The predicted octanol–water partition coefficient (Wildman–Crippen LogP) is 2.29. The zero-order chi connectivity index (χ0) is 22.1. The van der Waals surface area contributed by atoms with Gasteiger partial charge in [-0.2, -0.15) is 4.98 Å². The molecule has 0 aliphatic heterocycles. The molecule has 6 N–H and O–H groups in total. The van der Waals surface area contributed by atoms with Gasteiger partial charge in [-0.1, -0.05) is 18.5 Å². The van der Waals surface area contributed by atoms with Crippen molar-refractivity contribution in [1.82, 2.24) is 15.0 Å². The molecule has 1 aliphatic carbocycles. The zero-order valence-corrected chi connectivity index (χ0v) is 18.4. The lowest BCUT2D eigenvalue weighted by Gasteiger charge is -2.20. The molecular formula is C20H24ClN5O4S. The lowest BCUT2D eigenvalue weighted by Crippen LogP contribution is -2.35. The van der Waals surface area contributed by atoms with Crippen LogP contribution in [0.3, 0.4) is 0 Å². The molecule has 31 heavy (non-hydrogen) atoms. The van der Waals surface area contributed by atoms with Gasteiger partial charge in [0.25, 0.3) is 0 Å². The van der Waals surface area contributed by atoms with E-state index in [-0.39, 0.29) is 17.7 Å². The fraction of sp³-hybridized carbons (Fsp3) is 0.450. The molecule has 4 rings (SSSR count). The smallest absolute Gasteiger partial charge is 0.223 e. The highest BCUT2D eigenvalue weighted by Gasteiger charge is 2.41. The van der Waals surface area contributed by atoms with Crippen molar-refractivity contribution < 1.29 is 20.1 Å². The summed E-state index contributed by atoms with van der Waals surface area (Å²) in [4.78, 5) is 13.0. The van der Waals surface area contributed by atoms with Crippen LogP contribution in [0.5, 0.6) is 5.75 Å². The Kier molecular flexibility index (Phi) is 6.44. The molecule has 166 valence electrons. The number of fused-ring (bicyclic) bond motifs is 1. The molecule has 1 saturated carbocycles. The predicted molar refractivity (Wildman–Crippen MR) is 120 cm³/mol. The molecule has 4 atom stereocenters. The number of aliphatic hydroxyl groups excluding tert-OH is 3. The summed E-state index contributed by atoms with van der Waals surface area (Å²) in [5.41, 5.74) is 7.04. The Labute approximate surface area is 187 Å². The van der Waals surface area contributed by atoms with Crippen LogP contribution in [-0.2, 0) is 0 Å². The number of aromatic nitrogens is 3. The fourth-order valence-corrected chi connectivity index (χ4v) is 5.05. The highest BCUT2D eigenvalue weighted by atomic mass is 35.5. The van der Waals surface area contributed by atoms with Crippen LogP contribution in [0, 0.1) is 5.92 Å². The number of hydrogen-bond donors (Lipinski definition) is 5. The Balaban J connectivity index is 1.70. The lowest BCUT2D eigenvalue weighted by molar-refractivity contribution is 0.00446. The molecule has 0 bridgehead atoms. The van der Waals surface area contributed by atoms with Crippen LogP contribution in [0.1, 0.15) is 19.8 Å².